The van der Waals surface area contributed by atoms with Gasteiger partial charge >= 0.3 is 5.97 Å². The normalized spacial score (nSPS) is 10.1. The van der Waals surface area contributed by atoms with Gasteiger partial charge in [0, 0.05) is 37.6 Å². The van der Waals surface area contributed by atoms with Crippen LogP contribution in [0.2, 0.25) is 0 Å². The summed E-state index contributed by atoms with van der Waals surface area (Å²) in [5.74, 6) is -0.264. The average molecular weight is 410 g/mol. The van der Waals surface area contributed by atoms with Crippen molar-refractivity contribution in [2.45, 2.75) is 13.8 Å². The van der Waals surface area contributed by atoms with E-state index in [1.54, 1.807) is 0 Å². The SMILES string of the molecule is CCOC(=O)c1cc(-c2ccc(C)cc2)c(-c2cc[c-]cc2)s1.[Y]. The maximum atomic E-state index is 12.1. The van der Waals surface area contributed by atoms with Crippen LogP contribution in [0.3, 0.4) is 0 Å². The van der Waals surface area contributed by atoms with Crippen molar-refractivity contribution >= 4 is 17.3 Å². The van der Waals surface area contributed by atoms with Gasteiger partial charge in [0.1, 0.15) is 4.88 Å². The summed E-state index contributed by atoms with van der Waals surface area (Å²) in [5, 5.41) is 0. The van der Waals surface area contributed by atoms with Gasteiger partial charge in [-0.05, 0) is 31.0 Å². The van der Waals surface area contributed by atoms with E-state index < -0.39 is 0 Å². The van der Waals surface area contributed by atoms with Crippen LogP contribution in [0.5, 0.6) is 0 Å². The summed E-state index contributed by atoms with van der Waals surface area (Å²) in [6.07, 6.45) is 0. The number of esters is 1. The summed E-state index contributed by atoms with van der Waals surface area (Å²) in [4.78, 5) is 13.8. The Morgan fingerprint density at radius 2 is 1.75 bits per heavy atom. The van der Waals surface area contributed by atoms with E-state index in [9.17, 15) is 4.79 Å². The summed E-state index contributed by atoms with van der Waals surface area (Å²) in [6, 6.07) is 21.1. The molecule has 0 fully saturated rings. The zero-order valence-corrected chi connectivity index (χ0v) is 17.4. The third-order valence-electron chi connectivity index (χ3n) is 3.55. The number of benzene rings is 2. The first kappa shape index (κ1) is 19.0. The van der Waals surface area contributed by atoms with Crippen molar-refractivity contribution in [2.24, 2.45) is 0 Å². The average Bonchev–Trinajstić information content (AvgIpc) is 3.02. The molecule has 24 heavy (non-hydrogen) atoms. The largest absolute Gasteiger partial charge is 0.462 e. The molecule has 0 aliphatic heterocycles. The molecular formula is C20H17O2SY-. The molecule has 2 aromatic carbocycles. The van der Waals surface area contributed by atoms with Gasteiger partial charge in [0.05, 0.1) is 6.61 Å². The van der Waals surface area contributed by atoms with Crippen molar-refractivity contribution in [3.63, 3.8) is 0 Å². The molecule has 0 bridgehead atoms. The molecule has 0 saturated heterocycles. The van der Waals surface area contributed by atoms with E-state index in [-0.39, 0.29) is 38.7 Å². The first-order chi connectivity index (χ1) is 11.2. The van der Waals surface area contributed by atoms with Crippen LogP contribution in [0.15, 0.2) is 54.6 Å². The smallest absolute Gasteiger partial charge is 0.348 e. The fourth-order valence-corrected chi connectivity index (χ4v) is 3.47. The summed E-state index contributed by atoms with van der Waals surface area (Å²) >= 11 is 1.47. The van der Waals surface area contributed by atoms with Crippen LogP contribution in [0, 0.1) is 13.0 Å². The molecule has 0 amide bonds. The number of hydrogen-bond donors (Lipinski definition) is 0. The molecule has 0 saturated carbocycles. The second kappa shape index (κ2) is 8.71. The fourth-order valence-electron chi connectivity index (χ4n) is 2.39. The van der Waals surface area contributed by atoms with E-state index in [1.165, 1.54) is 16.9 Å². The molecule has 0 N–H and O–H groups in total. The van der Waals surface area contributed by atoms with Gasteiger partial charge in [-0.15, -0.1) is 16.9 Å². The quantitative estimate of drug-likeness (QED) is 0.427. The Morgan fingerprint density at radius 1 is 1.08 bits per heavy atom. The number of carbonyl (C=O) groups is 1. The molecule has 4 heteroatoms. The van der Waals surface area contributed by atoms with Gasteiger partial charge < -0.3 is 4.74 Å². The van der Waals surface area contributed by atoms with Crippen molar-refractivity contribution < 1.29 is 42.2 Å². The van der Waals surface area contributed by atoms with E-state index in [2.05, 4.69) is 37.3 Å². The predicted molar refractivity (Wildman–Crippen MR) is 94.7 cm³/mol. The standard InChI is InChI=1S/C20H17O2S.Y/c1-3-22-20(21)18-13-17(15-11-9-14(2)10-12-15)19(23-18)16-7-5-4-6-8-16;/h5-13H,3H2,1-2H3;/q-1;. The Hall–Kier alpha value is -1.29. The van der Waals surface area contributed by atoms with E-state index in [0.717, 1.165) is 21.6 Å². The molecule has 0 atom stereocenters. The van der Waals surface area contributed by atoms with Crippen molar-refractivity contribution in [1.29, 1.82) is 0 Å². The van der Waals surface area contributed by atoms with E-state index in [4.69, 9.17) is 4.74 Å². The van der Waals surface area contributed by atoms with Gasteiger partial charge in [-0.25, -0.2) is 4.79 Å². The van der Waals surface area contributed by atoms with Crippen LogP contribution >= 0.6 is 11.3 Å². The minimum absolute atomic E-state index is 0. The number of aryl methyl sites for hydroxylation is 1. The van der Waals surface area contributed by atoms with Gasteiger partial charge in [-0.3, -0.25) is 0 Å². The van der Waals surface area contributed by atoms with Crippen molar-refractivity contribution in [3.05, 3.63) is 71.1 Å². The second-order valence-corrected chi connectivity index (χ2v) is 6.28. The van der Waals surface area contributed by atoms with Gasteiger partial charge in [0.25, 0.3) is 0 Å². The molecule has 1 radical (unpaired) electrons. The summed E-state index contributed by atoms with van der Waals surface area (Å²) in [6.45, 7) is 4.27. The molecule has 119 valence electrons. The number of ether oxygens (including phenoxy) is 1. The Kier molecular flexibility index (Phi) is 6.91. The minimum atomic E-state index is -0.264. The van der Waals surface area contributed by atoms with Gasteiger partial charge in [0.15, 0.2) is 0 Å². The van der Waals surface area contributed by atoms with Gasteiger partial charge in [0.2, 0.25) is 0 Å². The van der Waals surface area contributed by atoms with Crippen LogP contribution < -0.4 is 0 Å². The third kappa shape index (κ3) is 4.21. The molecule has 2 nitrogen and oxygen atoms in total. The maximum Gasteiger partial charge on any atom is 0.348 e. The van der Waals surface area contributed by atoms with E-state index in [1.807, 2.05) is 37.3 Å². The molecule has 0 unspecified atom stereocenters. The first-order valence-electron chi connectivity index (χ1n) is 7.53. The molecule has 0 aliphatic rings. The monoisotopic (exact) mass is 410 g/mol. The molecular weight excluding hydrogens is 393 g/mol. The number of rotatable bonds is 4. The van der Waals surface area contributed by atoms with Crippen LogP contribution in [0.4, 0.5) is 0 Å². The zero-order valence-electron chi connectivity index (χ0n) is 13.7. The topological polar surface area (TPSA) is 26.3 Å². The van der Waals surface area contributed by atoms with Crippen molar-refractivity contribution in [2.75, 3.05) is 6.61 Å². The minimum Gasteiger partial charge on any atom is -0.462 e. The molecule has 3 rings (SSSR count). The molecule has 1 heterocycles. The Bertz CT molecular complexity index is 807. The molecule has 1 aromatic heterocycles. The maximum absolute atomic E-state index is 12.1. The number of thiophene rings is 1. The molecule has 3 aromatic rings. The second-order valence-electron chi connectivity index (χ2n) is 5.23. The van der Waals surface area contributed by atoms with Crippen LogP contribution in [0.25, 0.3) is 21.6 Å². The van der Waals surface area contributed by atoms with Crippen LogP contribution in [-0.2, 0) is 37.4 Å². The summed E-state index contributed by atoms with van der Waals surface area (Å²) in [7, 11) is 0. The Labute approximate surface area is 171 Å². The summed E-state index contributed by atoms with van der Waals surface area (Å²) < 4.78 is 5.15. The molecule has 0 spiro atoms. The van der Waals surface area contributed by atoms with E-state index >= 15 is 0 Å². The van der Waals surface area contributed by atoms with Gasteiger partial charge in [-0.2, -0.15) is 30.3 Å². The summed E-state index contributed by atoms with van der Waals surface area (Å²) in [5.41, 5.74) is 4.46. The van der Waals surface area contributed by atoms with Crippen LogP contribution in [-0.4, -0.2) is 12.6 Å². The van der Waals surface area contributed by atoms with Crippen LogP contribution in [0.1, 0.15) is 22.2 Å². The molecule has 0 aliphatic carbocycles. The first-order valence-corrected chi connectivity index (χ1v) is 8.35. The number of hydrogen-bond acceptors (Lipinski definition) is 3. The zero-order chi connectivity index (χ0) is 16.2. The van der Waals surface area contributed by atoms with E-state index in [0.29, 0.717) is 11.5 Å². The Balaban J connectivity index is 0.00000208. The van der Waals surface area contributed by atoms with Crippen molar-refractivity contribution in [3.8, 4) is 21.6 Å². The number of carbonyl (C=O) groups excluding carboxylic acids is 1. The van der Waals surface area contributed by atoms with Crippen molar-refractivity contribution in [1.82, 2.24) is 0 Å². The fraction of sp³-hybridized carbons (Fsp3) is 0.150. The van der Waals surface area contributed by atoms with Gasteiger partial charge in [-0.1, -0.05) is 29.8 Å². The predicted octanol–water partition coefficient (Wildman–Crippen LogP) is 5.36. The Morgan fingerprint density at radius 3 is 2.38 bits per heavy atom. The third-order valence-corrected chi connectivity index (χ3v) is 4.72.